The molecule has 0 aromatic heterocycles. The van der Waals surface area contributed by atoms with Crippen molar-refractivity contribution in [1.29, 1.82) is 0 Å². The molecule has 18 heavy (non-hydrogen) atoms. The van der Waals surface area contributed by atoms with E-state index in [1.54, 1.807) is 0 Å². The van der Waals surface area contributed by atoms with Crippen LogP contribution in [0.3, 0.4) is 0 Å². The Bertz CT molecular complexity index is 369. The summed E-state index contributed by atoms with van der Waals surface area (Å²) < 4.78 is 0. The number of fused-ring (bicyclic) bond motifs is 2. The third-order valence-corrected chi connectivity index (χ3v) is 5.19. The summed E-state index contributed by atoms with van der Waals surface area (Å²) >= 11 is 0. The van der Waals surface area contributed by atoms with Crippen molar-refractivity contribution in [3.05, 3.63) is 0 Å². The van der Waals surface area contributed by atoms with Crippen molar-refractivity contribution in [2.75, 3.05) is 13.1 Å². The van der Waals surface area contributed by atoms with E-state index >= 15 is 0 Å². The summed E-state index contributed by atoms with van der Waals surface area (Å²) in [6, 6.07) is 0. The molecule has 1 heterocycles. The number of rotatable bonds is 2. The number of piperidine rings is 1. The number of nitrogens with two attached hydrogens (primary N) is 1. The van der Waals surface area contributed by atoms with Gasteiger partial charge >= 0.3 is 0 Å². The summed E-state index contributed by atoms with van der Waals surface area (Å²) in [5.41, 5.74) is 5.37. The van der Waals surface area contributed by atoms with Gasteiger partial charge in [0.15, 0.2) is 0 Å². The van der Waals surface area contributed by atoms with Crippen LogP contribution in [0.5, 0.6) is 0 Å². The molecule has 3 fully saturated rings. The number of hydrogen-bond donors (Lipinski definition) is 1. The maximum atomic E-state index is 12.5. The lowest BCUT2D eigenvalue weighted by Crippen LogP contribution is -2.47. The molecule has 0 spiro atoms. The lowest BCUT2D eigenvalue weighted by atomic mass is 9.86. The van der Waals surface area contributed by atoms with Gasteiger partial charge in [0.25, 0.3) is 0 Å². The fourth-order valence-corrected chi connectivity index (χ4v) is 4.19. The minimum Gasteiger partial charge on any atom is -0.369 e. The highest BCUT2D eigenvalue weighted by atomic mass is 16.2. The van der Waals surface area contributed by atoms with Crippen LogP contribution in [0.15, 0.2) is 0 Å². The van der Waals surface area contributed by atoms with Crippen molar-refractivity contribution < 1.29 is 9.59 Å². The smallest absolute Gasteiger partial charge is 0.225 e. The minimum absolute atomic E-state index is 0.124. The Morgan fingerprint density at radius 3 is 2.56 bits per heavy atom. The Labute approximate surface area is 108 Å². The molecule has 100 valence electrons. The average Bonchev–Trinajstić information content (AvgIpc) is 3.00. The van der Waals surface area contributed by atoms with E-state index in [-0.39, 0.29) is 17.7 Å². The second kappa shape index (κ2) is 4.56. The second-order valence-corrected chi connectivity index (χ2v) is 6.31. The first kappa shape index (κ1) is 12.0. The number of primary amides is 1. The maximum absolute atomic E-state index is 12.5. The quantitative estimate of drug-likeness (QED) is 0.799. The molecule has 4 atom stereocenters. The molecule has 2 aliphatic carbocycles. The second-order valence-electron chi connectivity index (χ2n) is 6.31. The van der Waals surface area contributed by atoms with Gasteiger partial charge in [-0.25, -0.2) is 0 Å². The number of carbonyl (C=O) groups is 2. The van der Waals surface area contributed by atoms with Gasteiger partial charge in [0.1, 0.15) is 0 Å². The molecule has 4 heteroatoms. The molecule has 2 bridgehead atoms. The number of nitrogens with zero attached hydrogens (tertiary/aromatic N) is 1. The molecule has 0 aromatic rings. The molecule has 3 aliphatic rings. The fourth-order valence-electron chi connectivity index (χ4n) is 4.19. The summed E-state index contributed by atoms with van der Waals surface area (Å²) in [4.78, 5) is 25.7. The number of likely N-dealkylation sites (tertiary alicyclic amines) is 1. The highest BCUT2D eigenvalue weighted by Gasteiger charge is 2.45. The zero-order valence-electron chi connectivity index (χ0n) is 10.8. The lowest BCUT2D eigenvalue weighted by molar-refractivity contribution is -0.140. The van der Waals surface area contributed by atoms with E-state index in [0.29, 0.717) is 18.4 Å². The van der Waals surface area contributed by atoms with Gasteiger partial charge < -0.3 is 10.6 Å². The van der Waals surface area contributed by atoms with Crippen LogP contribution >= 0.6 is 0 Å². The zero-order chi connectivity index (χ0) is 12.7. The average molecular weight is 250 g/mol. The molecule has 1 aliphatic heterocycles. The predicted octanol–water partition coefficient (Wildman–Crippen LogP) is 1.15. The van der Waals surface area contributed by atoms with Crippen LogP contribution in [0, 0.1) is 23.7 Å². The Balaban J connectivity index is 1.64. The first-order valence-corrected chi connectivity index (χ1v) is 7.23. The van der Waals surface area contributed by atoms with E-state index in [2.05, 4.69) is 0 Å². The van der Waals surface area contributed by atoms with Crippen molar-refractivity contribution >= 4 is 11.8 Å². The highest BCUT2D eigenvalue weighted by molar-refractivity contribution is 5.82. The maximum Gasteiger partial charge on any atom is 0.225 e. The molecular weight excluding hydrogens is 228 g/mol. The normalized spacial score (nSPS) is 39.0. The van der Waals surface area contributed by atoms with Gasteiger partial charge in [-0.1, -0.05) is 6.42 Å². The Hall–Kier alpha value is -1.06. The molecule has 0 aromatic carbocycles. The summed E-state index contributed by atoms with van der Waals surface area (Å²) in [7, 11) is 0. The zero-order valence-corrected chi connectivity index (χ0v) is 10.8. The van der Waals surface area contributed by atoms with E-state index < -0.39 is 0 Å². The van der Waals surface area contributed by atoms with Crippen LogP contribution in [0.2, 0.25) is 0 Å². The SMILES string of the molecule is NC(=O)C1CCCN(C(=O)C2CC3CCC2C3)C1. The summed E-state index contributed by atoms with van der Waals surface area (Å²) in [6.45, 7) is 1.37. The van der Waals surface area contributed by atoms with Crippen LogP contribution in [0.1, 0.15) is 38.5 Å². The third kappa shape index (κ3) is 2.02. The number of amides is 2. The van der Waals surface area contributed by atoms with E-state index in [9.17, 15) is 9.59 Å². The van der Waals surface area contributed by atoms with Gasteiger partial charge in [0.05, 0.1) is 5.92 Å². The first-order chi connectivity index (χ1) is 8.65. The van der Waals surface area contributed by atoms with Crippen LogP contribution in [0.25, 0.3) is 0 Å². The van der Waals surface area contributed by atoms with Crippen molar-refractivity contribution in [2.24, 2.45) is 29.4 Å². The predicted molar refractivity (Wildman–Crippen MR) is 67.4 cm³/mol. The van der Waals surface area contributed by atoms with Crippen LogP contribution in [0.4, 0.5) is 0 Å². The lowest BCUT2D eigenvalue weighted by Gasteiger charge is -2.35. The van der Waals surface area contributed by atoms with E-state index in [0.717, 1.165) is 31.7 Å². The molecule has 3 rings (SSSR count). The van der Waals surface area contributed by atoms with E-state index in [4.69, 9.17) is 5.73 Å². The topological polar surface area (TPSA) is 63.4 Å². The van der Waals surface area contributed by atoms with Gasteiger partial charge in [-0.05, 0) is 43.9 Å². The largest absolute Gasteiger partial charge is 0.369 e. The summed E-state index contributed by atoms with van der Waals surface area (Å²) in [5.74, 6) is 1.59. The van der Waals surface area contributed by atoms with E-state index in [1.165, 1.54) is 19.3 Å². The number of hydrogen-bond acceptors (Lipinski definition) is 2. The number of carbonyl (C=O) groups excluding carboxylic acids is 2. The van der Waals surface area contributed by atoms with Gasteiger partial charge in [-0.3, -0.25) is 9.59 Å². The molecule has 4 unspecified atom stereocenters. The highest BCUT2D eigenvalue weighted by Crippen LogP contribution is 2.49. The van der Waals surface area contributed by atoms with Crippen molar-refractivity contribution in [2.45, 2.75) is 38.5 Å². The van der Waals surface area contributed by atoms with Crippen molar-refractivity contribution in [1.82, 2.24) is 4.90 Å². The van der Waals surface area contributed by atoms with Crippen molar-refractivity contribution in [3.8, 4) is 0 Å². The Morgan fingerprint density at radius 1 is 1.11 bits per heavy atom. The molecule has 2 N–H and O–H groups in total. The standard InChI is InChI=1S/C14H22N2O2/c15-13(17)11-2-1-5-16(8-11)14(18)12-7-9-3-4-10(12)6-9/h9-12H,1-8H2,(H2,15,17). The molecule has 2 saturated carbocycles. The van der Waals surface area contributed by atoms with Crippen LogP contribution < -0.4 is 5.73 Å². The van der Waals surface area contributed by atoms with Gasteiger partial charge in [-0.15, -0.1) is 0 Å². The summed E-state index contributed by atoms with van der Waals surface area (Å²) in [6.07, 6.45) is 6.65. The van der Waals surface area contributed by atoms with Crippen LogP contribution in [-0.2, 0) is 9.59 Å². The monoisotopic (exact) mass is 250 g/mol. The first-order valence-electron chi connectivity index (χ1n) is 7.23. The third-order valence-electron chi connectivity index (χ3n) is 5.19. The Morgan fingerprint density at radius 2 is 1.94 bits per heavy atom. The minimum atomic E-state index is -0.250. The Kier molecular flexibility index (Phi) is 3.04. The molecule has 1 saturated heterocycles. The molecular formula is C14H22N2O2. The van der Waals surface area contributed by atoms with Gasteiger partial charge in [0.2, 0.25) is 11.8 Å². The molecule has 2 amide bonds. The summed E-state index contributed by atoms with van der Waals surface area (Å²) in [5, 5.41) is 0. The molecule has 4 nitrogen and oxygen atoms in total. The van der Waals surface area contributed by atoms with E-state index in [1.807, 2.05) is 4.90 Å². The fraction of sp³-hybridized carbons (Fsp3) is 0.857. The van der Waals surface area contributed by atoms with Gasteiger partial charge in [0, 0.05) is 19.0 Å². The van der Waals surface area contributed by atoms with Crippen LogP contribution in [-0.4, -0.2) is 29.8 Å². The van der Waals surface area contributed by atoms with Gasteiger partial charge in [-0.2, -0.15) is 0 Å². The molecule has 0 radical (unpaired) electrons. The van der Waals surface area contributed by atoms with Crippen molar-refractivity contribution in [3.63, 3.8) is 0 Å².